The van der Waals surface area contributed by atoms with Crippen LogP contribution in [0.2, 0.25) is 0 Å². The molecule has 226 valence electrons. The number of methoxy groups -OCH3 is 1. The molecule has 2 aliphatic rings. The Hall–Kier alpha value is -3.43. The molecule has 1 aliphatic carbocycles. The van der Waals surface area contributed by atoms with Gasteiger partial charge in [0.15, 0.2) is 23.1 Å². The van der Waals surface area contributed by atoms with E-state index in [2.05, 4.69) is 36.0 Å². The van der Waals surface area contributed by atoms with E-state index in [1.165, 1.54) is 12.1 Å². The van der Waals surface area contributed by atoms with Gasteiger partial charge in [0.1, 0.15) is 5.75 Å². The number of anilines is 1. The lowest BCUT2D eigenvalue weighted by atomic mass is 9.74. The summed E-state index contributed by atoms with van der Waals surface area (Å²) in [6, 6.07) is 9.82. The van der Waals surface area contributed by atoms with Crippen LogP contribution in [-0.2, 0) is 9.53 Å². The van der Waals surface area contributed by atoms with Crippen molar-refractivity contribution in [2.45, 2.75) is 46.5 Å². The summed E-state index contributed by atoms with van der Waals surface area (Å²) in [5.41, 5.74) is 0.972. The lowest BCUT2D eigenvalue weighted by molar-refractivity contribution is -0.122. The number of halogens is 1. The van der Waals surface area contributed by atoms with Gasteiger partial charge in [-0.3, -0.25) is 14.7 Å². The highest BCUT2D eigenvalue weighted by Crippen LogP contribution is 2.49. The normalized spacial score (nSPS) is 20.4. The largest absolute Gasteiger partial charge is 0.493 e. The van der Waals surface area contributed by atoms with Gasteiger partial charge in [-0.1, -0.05) is 27.2 Å². The molecule has 5 rings (SSSR count). The zero-order valence-corrected chi connectivity index (χ0v) is 25.1. The minimum absolute atomic E-state index is 0.0511. The van der Waals surface area contributed by atoms with Crippen molar-refractivity contribution in [3.8, 4) is 23.0 Å². The fourth-order valence-electron chi connectivity index (χ4n) is 6.39. The zero-order chi connectivity index (χ0) is 29.7. The highest BCUT2D eigenvalue weighted by molar-refractivity contribution is 5.93. The second-order valence-electron chi connectivity index (χ2n) is 11.8. The highest BCUT2D eigenvalue weighted by atomic mass is 19.1. The molecule has 0 spiro atoms. The summed E-state index contributed by atoms with van der Waals surface area (Å²) in [5.74, 6) is 1.42. The van der Waals surface area contributed by atoms with Gasteiger partial charge in [0.25, 0.3) is 0 Å². The maximum Gasteiger partial charge on any atom is 0.228 e. The molecule has 2 fully saturated rings. The van der Waals surface area contributed by atoms with Gasteiger partial charge < -0.3 is 24.3 Å². The van der Waals surface area contributed by atoms with E-state index in [4.69, 9.17) is 18.9 Å². The number of morpholine rings is 1. The number of carbonyl (C=O) groups is 1. The smallest absolute Gasteiger partial charge is 0.228 e. The number of rotatable bonds is 11. The van der Waals surface area contributed by atoms with Gasteiger partial charge in [0, 0.05) is 55.0 Å². The standard InChI is InChI=1S/C33H42FN3O5/c1-5-22-7-9-25(33(22,2)3)32(38)36-23-8-10-29(26(34)19-23)42-28-11-12-35-27-21-31(30(39-4)20-24(27)28)41-16-6-13-37-14-17-40-18-15-37/h8,10-12,19-22,25H,5-7,9,13-18H2,1-4H3,(H,36,38). The van der Waals surface area contributed by atoms with E-state index in [9.17, 15) is 4.79 Å². The number of aromatic nitrogens is 1. The number of carbonyl (C=O) groups excluding carboxylic acids is 1. The van der Waals surface area contributed by atoms with Crippen molar-refractivity contribution in [1.29, 1.82) is 0 Å². The van der Waals surface area contributed by atoms with Crippen LogP contribution < -0.4 is 19.5 Å². The van der Waals surface area contributed by atoms with Crippen LogP contribution in [0.4, 0.5) is 10.1 Å². The van der Waals surface area contributed by atoms with Crippen LogP contribution in [0.15, 0.2) is 42.6 Å². The van der Waals surface area contributed by atoms with Crippen LogP contribution in [0.5, 0.6) is 23.0 Å². The topological polar surface area (TPSA) is 82.2 Å². The monoisotopic (exact) mass is 579 g/mol. The molecule has 2 aromatic carbocycles. The molecule has 0 radical (unpaired) electrons. The fraction of sp³-hybridized carbons (Fsp3) is 0.515. The molecule has 9 heteroatoms. The van der Waals surface area contributed by atoms with E-state index in [1.54, 1.807) is 31.5 Å². The van der Waals surface area contributed by atoms with Crippen LogP contribution in [0, 0.1) is 23.1 Å². The predicted octanol–water partition coefficient (Wildman–Crippen LogP) is 6.68. The first-order chi connectivity index (χ1) is 20.3. The Kier molecular flexibility index (Phi) is 9.48. The molecule has 8 nitrogen and oxygen atoms in total. The van der Waals surface area contributed by atoms with Crippen LogP contribution in [0.1, 0.15) is 46.5 Å². The highest BCUT2D eigenvalue weighted by Gasteiger charge is 2.45. The number of hydrogen-bond acceptors (Lipinski definition) is 7. The first-order valence-electron chi connectivity index (χ1n) is 15.0. The fourth-order valence-corrected chi connectivity index (χ4v) is 6.39. The van der Waals surface area contributed by atoms with Crippen molar-refractivity contribution < 1.29 is 28.1 Å². The third kappa shape index (κ3) is 6.63. The molecule has 1 aliphatic heterocycles. The molecular formula is C33H42FN3O5. The molecule has 1 saturated heterocycles. The average molecular weight is 580 g/mol. The van der Waals surface area contributed by atoms with Crippen LogP contribution >= 0.6 is 0 Å². The van der Waals surface area contributed by atoms with Crippen molar-refractivity contribution in [3.05, 3.63) is 48.4 Å². The third-order valence-corrected chi connectivity index (χ3v) is 8.95. The molecule has 0 bridgehead atoms. The van der Waals surface area contributed by atoms with Gasteiger partial charge >= 0.3 is 0 Å². The summed E-state index contributed by atoms with van der Waals surface area (Å²) < 4.78 is 38.3. The number of amides is 1. The summed E-state index contributed by atoms with van der Waals surface area (Å²) in [6.07, 6.45) is 5.43. The summed E-state index contributed by atoms with van der Waals surface area (Å²) in [6.45, 7) is 11.4. The van der Waals surface area contributed by atoms with Crippen molar-refractivity contribution in [2.24, 2.45) is 17.3 Å². The van der Waals surface area contributed by atoms with E-state index in [0.29, 0.717) is 46.4 Å². The molecule has 3 aromatic rings. The summed E-state index contributed by atoms with van der Waals surface area (Å²) in [7, 11) is 1.58. The molecule has 42 heavy (non-hydrogen) atoms. The Morgan fingerprint density at radius 2 is 1.90 bits per heavy atom. The van der Waals surface area contributed by atoms with Crippen molar-refractivity contribution in [1.82, 2.24) is 9.88 Å². The molecule has 1 amide bonds. The molecule has 2 unspecified atom stereocenters. The number of nitrogens with zero attached hydrogens (tertiary/aromatic N) is 2. The predicted molar refractivity (Wildman–Crippen MR) is 161 cm³/mol. The second-order valence-corrected chi connectivity index (χ2v) is 11.8. The molecular weight excluding hydrogens is 537 g/mol. The minimum Gasteiger partial charge on any atom is -0.493 e. The number of benzene rings is 2. The average Bonchev–Trinajstić information content (AvgIpc) is 3.30. The maximum absolute atomic E-state index is 15.2. The van der Waals surface area contributed by atoms with Crippen molar-refractivity contribution >= 4 is 22.5 Å². The number of nitrogens with one attached hydrogen (secondary N) is 1. The lowest BCUT2D eigenvalue weighted by Gasteiger charge is -2.31. The van der Waals surface area contributed by atoms with E-state index in [0.717, 1.165) is 58.5 Å². The number of pyridine rings is 1. The minimum atomic E-state index is -0.568. The second kappa shape index (κ2) is 13.3. The van der Waals surface area contributed by atoms with Gasteiger partial charge in [-0.25, -0.2) is 4.39 Å². The number of hydrogen-bond donors (Lipinski definition) is 1. The van der Waals surface area contributed by atoms with Gasteiger partial charge in [-0.15, -0.1) is 0 Å². The SMILES string of the molecule is CCC1CCC(C(=O)Nc2ccc(Oc3ccnc4cc(OCCCN5CCOCC5)c(OC)cc34)c(F)c2)C1(C)C. The molecule has 2 heterocycles. The third-order valence-electron chi connectivity index (χ3n) is 8.95. The first kappa shape index (κ1) is 30.0. The zero-order valence-electron chi connectivity index (χ0n) is 25.1. The Morgan fingerprint density at radius 3 is 2.62 bits per heavy atom. The summed E-state index contributed by atoms with van der Waals surface area (Å²) in [4.78, 5) is 19.9. The van der Waals surface area contributed by atoms with Gasteiger partial charge in [-0.2, -0.15) is 0 Å². The van der Waals surface area contributed by atoms with Gasteiger partial charge in [0.2, 0.25) is 5.91 Å². The van der Waals surface area contributed by atoms with E-state index in [-0.39, 0.29) is 23.0 Å². The van der Waals surface area contributed by atoms with E-state index >= 15 is 4.39 Å². The van der Waals surface area contributed by atoms with E-state index < -0.39 is 5.82 Å². The molecule has 1 aromatic heterocycles. The van der Waals surface area contributed by atoms with Crippen LogP contribution in [0.3, 0.4) is 0 Å². The Balaban J connectivity index is 1.25. The Morgan fingerprint density at radius 1 is 1.10 bits per heavy atom. The van der Waals surface area contributed by atoms with Crippen molar-refractivity contribution in [3.63, 3.8) is 0 Å². The molecule has 1 N–H and O–H groups in total. The quantitative estimate of drug-likeness (QED) is 0.254. The number of ether oxygens (including phenoxy) is 4. The van der Waals surface area contributed by atoms with Gasteiger partial charge in [-0.05, 0) is 54.9 Å². The number of fused-ring (bicyclic) bond motifs is 1. The molecule has 2 atom stereocenters. The summed E-state index contributed by atoms with van der Waals surface area (Å²) in [5, 5.41) is 3.59. The van der Waals surface area contributed by atoms with E-state index in [1.807, 2.05) is 6.07 Å². The van der Waals surface area contributed by atoms with Crippen molar-refractivity contribution in [2.75, 3.05) is 51.9 Å². The Bertz CT molecular complexity index is 1390. The lowest BCUT2D eigenvalue weighted by Crippen LogP contribution is -2.37. The van der Waals surface area contributed by atoms with Crippen LogP contribution in [0.25, 0.3) is 10.9 Å². The maximum atomic E-state index is 15.2. The molecule has 1 saturated carbocycles. The van der Waals surface area contributed by atoms with Crippen LogP contribution in [-0.4, -0.2) is 62.4 Å². The van der Waals surface area contributed by atoms with Gasteiger partial charge in [0.05, 0.1) is 32.4 Å². The first-order valence-corrected chi connectivity index (χ1v) is 15.0. The summed E-state index contributed by atoms with van der Waals surface area (Å²) >= 11 is 0. The Labute approximate surface area is 247 Å².